The van der Waals surface area contributed by atoms with E-state index in [4.69, 9.17) is 35.4 Å². The largest absolute Gasteiger partial charge is 0.495 e. The molecule has 0 bridgehead atoms. The van der Waals surface area contributed by atoms with Gasteiger partial charge in [0.25, 0.3) is 0 Å². The zero-order chi connectivity index (χ0) is 24.5. The van der Waals surface area contributed by atoms with Crippen molar-refractivity contribution in [1.82, 2.24) is 4.57 Å². The highest BCUT2D eigenvalue weighted by molar-refractivity contribution is 6.31. The number of hydrogen-bond donors (Lipinski definition) is 1. The maximum absolute atomic E-state index is 13.2. The van der Waals surface area contributed by atoms with Gasteiger partial charge < -0.3 is 33.5 Å². The van der Waals surface area contributed by atoms with E-state index in [1.165, 1.54) is 0 Å². The molecule has 35 heavy (non-hydrogen) atoms. The Balaban J connectivity index is 1.32. The minimum atomic E-state index is -0.921. The summed E-state index contributed by atoms with van der Waals surface area (Å²) in [5, 5.41) is 16.6. The van der Waals surface area contributed by atoms with E-state index < -0.39 is 30.4 Å². The molecule has 0 amide bonds. The van der Waals surface area contributed by atoms with Crippen molar-refractivity contribution >= 4 is 39.1 Å². The van der Waals surface area contributed by atoms with E-state index in [-0.39, 0.29) is 11.5 Å². The first-order valence-electron chi connectivity index (χ1n) is 11.5. The third kappa shape index (κ3) is 3.70. The Hall–Kier alpha value is -2.69. The van der Waals surface area contributed by atoms with Crippen LogP contribution in [0.2, 0.25) is 5.02 Å². The predicted octanol–water partition coefficient (Wildman–Crippen LogP) is 3.20. The summed E-state index contributed by atoms with van der Waals surface area (Å²) in [5.41, 5.74) is 1.82. The molecule has 2 saturated heterocycles. The average molecular weight is 501 g/mol. The lowest BCUT2D eigenvalue weighted by molar-refractivity contribution is -0.207. The van der Waals surface area contributed by atoms with E-state index in [1.54, 1.807) is 51.3 Å². The third-order valence-electron chi connectivity index (χ3n) is 6.71. The molecule has 0 radical (unpaired) electrons. The van der Waals surface area contributed by atoms with Crippen LogP contribution in [0.3, 0.4) is 0 Å². The maximum Gasteiger partial charge on any atom is 0.197 e. The quantitative estimate of drug-likeness (QED) is 0.549. The lowest BCUT2D eigenvalue weighted by Gasteiger charge is -2.22. The first-order chi connectivity index (χ1) is 16.8. The number of rotatable bonds is 4. The van der Waals surface area contributed by atoms with Crippen molar-refractivity contribution in [3.05, 3.63) is 51.6 Å². The summed E-state index contributed by atoms with van der Waals surface area (Å²) < 4.78 is 25.0. The number of aromatic nitrogens is 1. The Morgan fingerprint density at radius 1 is 1.23 bits per heavy atom. The second-order valence-electron chi connectivity index (χ2n) is 9.49. The molecule has 2 fully saturated rings. The van der Waals surface area contributed by atoms with Crippen molar-refractivity contribution < 1.29 is 28.9 Å². The van der Waals surface area contributed by atoms with Gasteiger partial charge in [-0.25, -0.2) is 0 Å². The molecule has 4 heterocycles. The molecule has 6 rings (SSSR count). The minimum absolute atomic E-state index is 0.0944. The van der Waals surface area contributed by atoms with Gasteiger partial charge in [-0.3, -0.25) is 4.79 Å². The fraction of sp³-hybridized carbons (Fsp3) is 0.440. The summed E-state index contributed by atoms with van der Waals surface area (Å²) in [5.74, 6) is -0.246. The van der Waals surface area contributed by atoms with Gasteiger partial charge in [0, 0.05) is 16.8 Å². The van der Waals surface area contributed by atoms with E-state index in [0.717, 1.165) is 0 Å². The Morgan fingerprint density at radius 3 is 2.83 bits per heavy atom. The molecule has 184 valence electrons. The molecule has 2 aromatic carbocycles. The fourth-order valence-corrected chi connectivity index (χ4v) is 5.38. The van der Waals surface area contributed by atoms with Crippen molar-refractivity contribution in [2.24, 2.45) is 5.16 Å². The molecule has 1 N–H and O–H groups in total. The summed E-state index contributed by atoms with van der Waals surface area (Å²) in [6.07, 6.45) is -2.79. The molecule has 3 aliphatic rings. The van der Waals surface area contributed by atoms with E-state index >= 15 is 0 Å². The minimum Gasteiger partial charge on any atom is -0.495 e. The molecule has 1 aromatic heterocycles. The molecule has 0 saturated carbocycles. The monoisotopic (exact) mass is 500 g/mol. The van der Waals surface area contributed by atoms with E-state index in [1.807, 2.05) is 10.6 Å². The van der Waals surface area contributed by atoms with Gasteiger partial charge in [-0.1, -0.05) is 22.8 Å². The summed E-state index contributed by atoms with van der Waals surface area (Å²) in [4.78, 5) is 19.0. The van der Waals surface area contributed by atoms with Crippen molar-refractivity contribution in [1.29, 1.82) is 0 Å². The molecule has 1 unspecified atom stereocenters. The Bertz CT molecular complexity index is 1420. The number of ether oxygens (including phenoxy) is 4. The van der Waals surface area contributed by atoms with Crippen LogP contribution in [-0.2, 0) is 25.6 Å². The standard InChI is InChI=1S/C25H25ClN2O7/c1-25(2)33-23-21(30)22(32-24(23)34-25)16-10-13(35-27-16)11-28-17-9-12(26)7-8-14(17)20(29)15-5-4-6-18(31-3)19(15)28/h4-9,13,21-24,30H,10-11H2,1-3H3/t13?,21-,22+,23+,24+/m0/s1. The first-order valence-corrected chi connectivity index (χ1v) is 11.8. The van der Waals surface area contributed by atoms with Crippen molar-refractivity contribution in [2.45, 2.75) is 63.3 Å². The van der Waals surface area contributed by atoms with Crippen molar-refractivity contribution in [3.63, 3.8) is 0 Å². The Labute approximate surface area is 205 Å². The highest BCUT2D eigenvalue weighted by Crippen LogP contribution is 2.39. The van der Waals surface area contributed by atoms with Gasteiger partial charge in [0.05, 0.1) is 35.8 Å². The lowest BCUT2D eigenvalue weighted by Crippen LogP contribution is -2.38. The number of fused-ring (bicyclic) bond motifs is 3. The number of para-hydroxylation sites is 1. The van der Waals surface area contributed by atoms with Crippen LogP contribution in [0.15, 0.2) is 46.3 Å². The van der Waals surface area contributed by atoms with Gasteiger partial charge in [-0.2, -0.15) is 0 Å². The summed E-state index contributed by atoms with van der Waals surface area (Å²) in [6, 6.07) is 10.6. The van der Waals surface area contributed by atoms with E-state index in [0.29, 0.717) is 51.3 Å². The van der Waals surface area contributed by atoms with Crippen LogP contribution < -0.4 is 10.2 Å². The normalized spacial score (nSPS) is 29.4. The highest BCUT2D eigenvalue weighted by atomic mass is 35.5. The number of methoxy groups -OCH3 is 1. The molecule has 5 atom stereocenters. The molecule has 3 aromatic rings. The molecular weight excluding hydrogens is 476 g/mol. The molecule has 0 spiro atoms. The number of nitrogens with zero attached hydrogens (tertiary/aromatic N) is 2. The SMILES string of the molecule is COc1cccc2c(=O)c3ccc(Cl)cc3n(CC3CC([C@H]4O[C@@H]5OC(C)(C)O[C@@H]5[C@H]4O)=NO3)c12. The molecule has 0 aliphatic carbocycles. The van der Waals surface area contributed by atoms with Crippen molar-refractivity contribution in [3.8, 4) is 5.75 Å². The third-order valence-corrected chi connectivity index (χ3v) is 6.95. The number of hydrogen-bond acceptors (Lipinski definition) is 8. The molecular formula is C25H25ClN2O7. The van der Waals surface area contributed by atoms with Crippen LogP contribution in [0.1, 0.15) is 20.3 Å². The number of aliphatic hydroxyl groups is 1. The fourth-order valence-electron chi connectivity index (χ4n) is 5.21. The van der Waals surface area contributed by atoms with Gasteiger partial charge in [0.2, 0.25) is 0 Å². The zero-order valence-corrected chi connectivity index (χ0v) is 20.2. The zero-order valence-electron chi connectivity index (χ0n) is 19.4. The summed E-state index contributed by atoms with van der Waals surface area (Å²) >= 11 is 6.31. The average Bonchev–Trinajstić information content (AvgIpc) is 3.49. The van der Waals surface area contributed by atoms with Gasteiger partial charge in [0.15, 0.2) is 23.6 Å². The van der Waals surface area contributed by atoms with Crippen LogP contribution in [-0.4, -0.2) is 59.0 Å². The van der Waals surface area contributed by atoms with E-state index in [2.05, 4.69) is 5.16 Å². The van der Waals surface area contributed by atoms with E-state index in [9.17, 15) is 9.90 Å². The number of halogens is 1. The van der Waals surface area contributed by atoms with Gasteiger partial charge in [-0.05, 0) is 44.2 Å². The number of pyridine rings is 1. The van der Waals surface area contributed by atoms with Crippen LogP contribution >= 0.6 is 11.6 Å². The second-order valence-corrected chi connectivity index (χ2v) is 9.92. The van der Waals surface area contributed by atoms with Gasteiger partial charge >= 0.3 is 0 Å². The smallest absolute Gasteiger partial charge is 0.197 e. The topological polar surface area (TPSA) is 101 Å². The molecule has 9 nitrogen and oxygen atoms in total. The van der Waals surface area contributed by atoms with Crippen LogP contribution in [0.5, 0.6) is 5.75 Å². The number of oxime groups is 1. The van der Waals surface area contributed by atoms with Gasteiger partial charge in [0.1, 0.15) is 24.1 Å². The molecule has 3 aliphatic heterocycles. The summed E-state index contributed by atoms with van der Waals surface area (Å²) in [6.45, 7) is 3.93. The van der Waals surface area contributed by atoms with Crippen LogP contribution in [0.25, 0.3) is 21.8 Å². The van der Waals surface area contributed by atoms with Crippen LogP contribution in [0, 0.1) is 0 Å². The lowest BCUT2D eigenvalue weighted by atomic mass is 10.0. The summed E-state index contributed by atoms with van der Waals surface area (Å²) in [7, 11) is 1.57. The maximum atomic E-state index is 13.2. The Morgan fingerprint density at radius 2 is 2.06 bits per heavy atom. The van der Waals surface area contributed by atoms with Crippen LogP contribution in [0.4, 0.5) is 0 Å². The number of benzene rings is 2. The Kier molecular flexibility index (Phi) is 5.32. The molecule has 10 heteroatoms. The number of aliphatic hydroxyl groups excluding tert-OH is 1. The second kappa shape index (κ2) is 8.18. The predicted molar refractivity (Wildman–Crippen MR) is 129 cm³/mol. The highest BCUT2D eigenvalue weighted by Gasteiger charge is 2.56. The van der Waals surface area contributed by atoms with Crippen molar-refractivity contribution in [2.75, 3.05) is 7.11 Å². The van der Waals surface area contributed by atoms with Gasteiger partial charge in [-0.15, -0.1) is 0 Å². The first kappa shape index (κ1) is 22.8.